The van der Waals surface area contributed by atoms with E-state index in [1.54, 1.807) is 45.2 Å². The predicted molar refractivity (Wildman–Crippen MR) is 114 cm³/mol. The summed E-state index contributed by atoms with van der Waals surface area (Å²) >= 11 is 6.60. The number of benzene rings is 2. The maximum absolute atomic E-state index is 14.7. The number of amides is 1. The van der Waals surface area contributed by atoms with Gasteiger partial charge in [0.15, 0.2) is 0 Å². The second-order valence-electron chi connectivity index (χ2n) is 7.50. The molecule has 1 amide bonds. The van der Waals surface area contributed by atoms with Gasteiger partial charge in [-0.15, -0.1) is 0 Å². The van der Waals surface area contributed by atoms with E-state index in [-0.39, 0.29) is 11.7 Å². The number of unbranched alkanes of at least 4 members (excludes halogenated alkanes) is 1. The van der Waals surface area contributed by atoms with Crippen molar-refractivity contribution >= 4 is 34.6 Å². The van der Waals surface area contributed by atoms with Crippen LogP contribution >= 0.6 is 11.6 Å². The Hall–Kier alpha value is -2.40. The zero-order chi connectivity index (χ0) is 20.5. The molecule has 0 bridgehead atoms. The lowest BCUT2D eigenvalue weighted by Crippen LogP contribution is -2.41. The topological polar surface area (TPSA) is 44.7 Å². The monoisotopic (exact) mass is 401 g/mol. The van der Waals surface area contributed by atoms with Gasteiger partial charge in [0.05, 0.1) is 16.4 Å². The molecule has 0 radical (unpaired) electrons. The van der Waals surface area contributed by atoms with Crippen molar-refractivity contribution in [3.05, 3.63) is 58.4 Å². The van der Waals surface area contributed by atoms with Gasteiger partial charge in [-0.1, -0.05) is 37.1 Å². The minimum absolute atomic E-state index is 0.200. The summed E-state index contributed by atoms with van der Waals surface area (Å²) in [5.41, 5.74) is 1.73. The lowest BCUT2D eigenvalue weighted by Gasteiger charge is -2.25. The van der Waals surface area contributed by atoms with Crippen LogP contribution in [0.15, 0.2) is 41.4 Å². The second-order valence-corrected chi connectivity index (χ2v) is 7.91. The van der Waals surface area contributed by atoms with Crippen LogP contribution in [0.25, 0.3) is 0 Å². The lowest BCUT2D eigenvalue weighted by atomic mass is 9.98. The maximum Gasteiger partial charge on any atom is 0.254 e. The van der Waals surface area contributed by atoms with E-state index in [0.717, 1.165) is 25.1 Å². The van der Waals surface area contributed by atoms with Crippen molar-refractivity contribution < 1.29 is 9.18 Å². The highest BCUT2D eigenvalue weighted by Crippen LogP contribution is 2.39. The Morgan fingerprint density at radius 3 is 2.61 bits per heavy atom. The largest absolute Gasteiger partial charge is 0.385 e. The summed E-state index contributed by atoms with van der Waals surface area (Å²) in [6.45, 7) is 6.38. The molecule has 6 heteroatoms. The van der Waals surface area contributed by atoms with E-state index >= 15 is 0 Å². The number of nitrogens with one attached hydrogen (secondary N) is 1. The van der Waals surface area contributed by atoms with Crippen LogP contribution < -0.4 is 10.2 Å². The number of fused-ring (bicyclic) bond motifs is 1. The van der Waals surface area contributed by atoms with Crippen LogP contribution in [0.2, 0.25) is 5.02 Å². The number of halogens is 2. The van der Waals surface area contributed by atoms with Crippen LogP contribution in [-0.4, -0.2) is 30.8 Å². The molecule has 2 aromatic rings. The number of hydrogen-bond acceptors (Lipinski definition) is 3. The lowest BCUT2D eigenvalue weighted by molar-refractivity contribution is -0.122. The van der Waals surface area contributed by atoms with Crippen molar-refractivity contribution in [2.24, 2.45) is 4.99 Å². The summed E-state index contributed by atoms with van der Waals surface area (Å²) in [4.78, 5) is 19.2. The fourth-order valence-electron chi connectivity index (χ4n) is 3.39. The number of carbonyl (C=O) groups excluding carboxylic acids is 1. The van der Waals surface area contributed by atoms with E-state index in [0.29, 0.717) is 27.5 Å². The van der Waals surface area contributed by atoms with Gasteiger partial charge >= 0.3 is 0 Å². The van der Waals surface area contributed by atoms with Gasteiger partial charge in [-0.05, 0) is 44.5 Å². The Morgan fingerprint density at radius 2 is 1.93 bits per heavy atom. The first-order valence-corrected chi connectivity index (χ1v) is 9.84. The van der Waals surface area contributed by atoms with Gasteiger partial charge in [0.2, 0.25) is 0 Å². The average Bonchev–Trinajstić information content (AvgIpc) is 2.72. The van der Waals surface area contributed by atoms with Gasteiger partial charge in [0.25, 0.3) is 5.91 Å². The van der Waals surface area contributed by atoms with Crippen molar-refractivity contribution in [3.8, 4) is 0 Å². The summed E-state index contributed by atoms with van der Waals surface area (Å²) in [7, 11) is 1.68. The Morgan fingerprint density at radius 1 is 1.21 bits per heavy atom. The molecule has 0 aromatic heterocycles. The van der Waals surface area contributed by atoms with E-state index < -0.39 is 5.54 Å². The molecule has 2 aromatic carbocycles. The number of nitrogens with zero attached hydrogens (tertiary/aromatic N) is 2. The van der Waals surface area contributed by atoms with E-state index in [2.05, 4.69) is 17.2 Å². The molecule has 0 aliphatic carbocycles. The van der Waals surface area contributed by atoms with E-state index in [1.807, 2.05) is 6.07 Å². The fourth-order valence-corrected chi connectivity index (χ4v) is 3.74. The van der Waals surface area contributed by atoms with E-state index in [4.69, 9.17) is 11.6 Å². The van der Waals surface area contributed by atoms with E-state index in [9.17, 15) is 9.18 Å². The smallest absolute Gasteiger partial charge is 0.254 e. The Labute approximate surface area is 170 Å². The van der Waals surface area contributed by atoms with Gasteiger partial charge in [-0.2, -0.15) is 0 Å². The fraction of sp³-hybridized carbons (Fsp3) is 0.364. The molecule has 148 valence electrons. The maximum atomic E-state index is 14.7. The standard InChI is InChI=1S/C22H25ClFN3O/c1-5-6-11-25-14-12-16-19(15-9-7-8-10-18(15)24)26-22(2,3)21(28)27(4)20(16)17(23)13-14/h7-10,12-13,25H,5-6,11H2,1-4H3. The Balaban J connectivity index is 2.25. The van der Waals surface area contributed by atoms with Crippen LogP contribution in [0.4, 0.5) is 15.8 Å². The second kappa shape index (κ2) is 7.92. The molecule has 3 rings (SSSR count). The molecule has 0 fully saturated rings. The van der Waals surface area contributed by atoms with Gasteiger partial charge in [-0.25, -0.2) is 4.39 Å². The highest BCUT2D eigenvalue weighted by atomic mass is 35.5. The normalized spacial score (nSPS) is 15.7. The number of rotatable bonds is 5. The minimum Gasteiger partial charge on any atom is -0.385 e. The molecule has 1 N–H and O–H groups in total. The van der Waals surface area contributed by atoms with Crippen LogP contribution in [0.5, 0.6) is 0 Å². The molecular formula is C22H25ClFN3O. The Kier molecular flexibility index (Phi) is 5.75. The SMILES string of the molecule is CCCCNc1cc(Cl)c2c(c1)C(c1ccccc1F)=NC(C)(C)C(=O)N2C. The molecule has 0 unspecified atom stereocenters. The first-order valence-electron chi connectivity index (χ1n) is 9.47. The predicted octanol–water partition coefficient (Wildman–Crippen LogP) is 5.28. The molecule has 0 spiro atoms. The number of benzodiazepines with no additional fused rings is 1. The van der Waals surface area contributed by atoms with Gasteiger partial charge in [-0.3, -0.25) is 9.79 Å². The summed E-state index contributed by atoms with van der Waals surface area (Å²) in [5.74, 6) is -0.589. The highest BCUT2D eigenvalue weighted by Gasteiger charge is 2.37. The highest BCUT2D eigenvalue weighted by molar-refractivity contribution is 6.36. The molecule has 28 heavy (non-hydrogen) atoms. The van der Waals surface area contributed by atoms with Crippen molar-refractivity contribution in [3.63, 3.8) is 0 Å². The van der Waals surface area contributed by atoms with Gasteiger partial charge in [0.1, 0.15) is 11.4 Å². The molecule has 1 heterocycles. The molecule has 0 saturated heterocycles. The van der Waals surface area contributed by atoms with Crippen LogP contribution in [-0.2, 0) is 4.79 Å². The van der Waals surface area contributed by atoms with Crippen molar-refractivity contribution in [1.29, 1.82) is 0 Å². The summed E-state index contributed by atoms with van der Waals surface area (Å²) in [5, 5.41) is 3.78. The molecule has 4 nitrogen and oxygen atoms in total. The van der Waals surface area contributed by atoms with Gasteiger partial charge in [0, 0.05) is 30.4 Å². The molecular weight excluding hydrogens is 377 g/mol. The Bertz CT molecular complexity index is 939. The third-order valence-corrected chi connectivity index (χ3v) is 5.15. The summed E-state index contributed by atoms with van der Waals surface area (Å²) in [6.07, 6.45) is 2.09. The van der Waals surface area contributed by atoms with Crippen molar-refractivity contribution in [2.75, 3.05) is 23.8 Å². The molecule has 1 aliphatic heterocycles. The zero-order valence-electron chi connectivity index (χ0n) is 16.6. The van der Waals surface area contributed by atoms with Crippen molar-refractivity contribution in [2.45, 2.75) is 39.2 Å². The molecule has 0 atom stereocenters. The van der Waals surface area contributed by atoms with Crippen LogP contribution in [0, 0.1) is 5.82 Å². The average molecular weight is 402 g/mol. The molecule has 1 aliphatic rings. The van der Waals surface area contributed by atoms with Crippen LogP contribution in [0.3, 0.4) is 0 Å². The molecule has 0 saturated carbocycles. The number of aliphatic imine (C=N–C) groups is 1. The summed E-state index contributed by atoms with van der Waals surface area (Å²) < 4.78 is 14.7. The van der Waals surface area contributed by atoms with Crippen molar-refractivity contribution in [1.82, 2.24) is 0 Å². The van der Waals surface area contributed by atoms with Gasteiger partial charge < -0.3 is 10.2 Å². The van der Waals surface area contributed by atoms with E-state index in [1.165, 1.54) is 11.0 Å². The first kappa shape index (κ1) is 20.3. The summed E-state index contributed by atoms with van der Waals surface area (Å²) in [6, 6.07) is 10.2. The quantitative estimate of drug-likeness (QED) is 0.692. The first-order chi connectivity index (χ1) is 13.3. The third-order valence-electron chi connectivity index (χ3n) is 4.86. The number of hydrogen-bond donors (Lipinski definition) is 1. The van der Waals surface area contributed by atoms with Crippen LogP contribution in [0.1, 0.15) is 44.7 Å². The zero-order valence-corrected chi connectivity index (χ0v) is 17.4. The number of carbonyl (C=O) groups is 1. The third kappa shape index (κ3) is 3.76. The number of anilines is 2. The number of likely N-dealkylation sites (N-methyl/N-ethyl adjacent to an activating group) is 1. The minimum atomic E-state index is -1.05.